The molecule has 0 amide bonds. The molecule has 1 aromatic heterocycles. The molecular formula is C16H22N2O. The molecule has 0 bridgehead atoms. The number of rotatable bonds is 5. The zero-order valence-electron chi connectivity index (χ0n) is 11.9. The second-order valence-corrected chi connectivity index (χ2v) is 5.35. The second kappa shape index (κ2) is 5.91. The summed E-state index contributed by atoms with van der Waals surface area (Å²) in [5.74, 6) is 0.540. The number of nitrogens with zero attached hydrogens (tertiary/aromatic N) is 1. The summed E-state index contributed by atoms with van der Waals surface area (Å²) in [6.45, 7) is 7.09. The highest BCUT2D eigenvalue weighted by atomic mass is 16.1. The molecule has 1 heterocycles. The zero-order valence-corrected chi connectivity index (χ0v) is 11.9. The van der Waals surface area contributed by atoms with E-state index in [1.165, 1.54) is 5.56 Å². The molecule has 102 valence electrons. The maximum absolute atomic E-state index is 11.8. The van der Waals surface area contributed by atoms with E-state index in [0.29, 0.717) is 12.5 Å². The Hall–Kier alpha value is -1.77. The zero-order chi connectivity index (χ0) is 13.8. The first-order valence-electron chi connectivity index (χ1n) is 6.97. The Morgan fingerprint density at radius 1 is 1.21 bits per heavy atom. The molecule has 2 aromatic rings. The third kappa shape index (κ3) is 3.37. The van der Waals surface area contributed by atoms with Crippen molar-refractivity contribution < 1.29 is 0 Å². The maximum atomic E-state index is 11.8. The Morgan fingerprint density at radius 2 is 1.89 bits per heavy atom. The summed E-state index contributed by atoms with van der Waals surface area (Å²) in [6.07, 6.45) is 1.97. The summed E-state index contributed by atoms with van der Waals surface area (Å²) in [5.41, 5.74) is 3.55. The number of nitrogens with one attached hydrogen (secondary N) is 1. The molecule has 0 atom stereocenters. The number of hydrogen-bond donors (Lipinski definition) is 1. The van der Waals surface area contributed by atoms with E-state index in [0.717, 1.165) is 24.1 Å². The van der Waals surface area contributed by atoms with Crippen LogP contribution in [0.1, 0.15) is 49.9 Å². The molecule has 1 N–H and O–H groups in total. The lowest BCUT2D eigenvalue weighted by Crippen LogP contribution is -2.16. The van der Waals surface area contributed by atoms with E-state index in [1.54, 1.807) is 10.7 Å². The first-order chi connectivity index (χ1) is 9.10. The van der Waals surface area contributed by atoms with Gasteiger partial charge in [0, 0.05) is 11.8 Å². The molecule has 0 radical (unpaired) electrons. The minimum atomic E-state index is 0.0522. The molecular weight excluding hydrogens is 236 g/mol. The third-order valence-electron chi connectivity index (χ3n) is 3.35. The van der Waals surface area contributed by atoms with Crippen LogP contribution >= 0.6 is 0 Å². The van der Waals surface area contributed by atoms with Gasteiger partial charge in [0.15, 0.2) is 0 Å². The molecule has 0 saturated heterocycles. The summed E-state index contributed by atoms with van der Waals surface area (Å²) in [4.78, 5) is 11.8. The fraction of sp³-hybridized carbons (Fsp3) is 0.438. The van der Waals surface area contributed by atoms with Crippen molar-refractivity contribution in [2.45, 2.75) is 46.1 Å². The minimum absolute atomic E-state index is 0.0522. The Bertz CT molecular complexity index is 576. The maximum Gasteiger partial charge on any atom is 0.267 e. The van der Waals surface area contributed by atoms with E-state index in [1.807, 2.05) is 0 Å². The highest BCUT2D eigenvalue weighted by Crippen LogP contribution is 2.14. The summed E-state index contributed by atoms with van der Waals surface area (Å²) in [7, 11) is 0. The van der Waals surface area contributed by atoms with Gasteiger partial charge in [-0.05, 0) is 23.5 Å². The van der Waals surface area contributed by atoms with E-state index in [4.69, 9.17) is 0 Å². The molecule has 3 nitrogen and oxygen atoms in total. The van der Waals surface area contributed by atoms with Gasteiger partial charge in [-0.1, -0.05) is 51.5 Å². The van der Waals surface area contributed by atoms with E-state index in [-0.39, 0.29) is 5.56 Å². The predicted molar refractivity (Wildman–Crippen MR) is 78.7 cm³/mol. The van der Waals surface area contributed by atoms with Gasteiger partial charge in [0.1, 0.15) is 0 Å². The van der Waals surface area contributed by atoms with Crippen LogP contribution in [0.2, 0.25) is 0 Å². The molecule has 0 fully saturated rings. The van der Waals surface area contributed by atoms with Crippen LogP contribution in [-0.2, 0) is 13.0 Å². The molecule has 0 aliphatic carbocycles. The SMILES string of the molecule is CCCc1cc(=O)n(Cc2ccc(C(C)C)cc2)[nH]1. The highest BCUT2D eigenvalue weighted by molar-refractivity contribution is 5.24. The molecule has 0 unspecified atom stereocenters. The molecule has 19 heavy (non-hydrogen) atoms. The summed E-state index contributed by atoms with van der Waals surface area (Å²) >= 11 is 0. The van der Waals surface area contributed by atoms with Crippen molar-refractivity contribution in [3.8, 4) is 0 Å². The predicted octanol–water partition coefficient (Wildman–Crippen LogP) is 3.30. The van der Waals surface area contributed by atoms with Crippen LogP contribution in [0.5, 0.6) is 0 Å². The highest BCUT2D eigenvalue weighted by Gasteiger charge is 2.04. The lowest BCUT2D eigenvalue weighted by atomic mass is 10.0. The Morgan fingerprint density at radius 3 is 2.47 bits per heavy atom. The standard InChI is InChI=1S/C16H22N2O/c1-4-5-15-10-16(19)18(17-15)11-13-6-8-14(9-7-13)12(2)3/h6-10,12,17H,4-5,11H2,1-3H3. The smallest absolute Gasteiger partial charge is 0.267 e. The Labute approximate surface area is 114 Å². The number of H-pyrrole nitrogens is 1. The topological polar surface area (TPSA) is 37.8 Å². The van der Waals surface area contributed by atoms with E-state index in [9.17, 15) is 4.79 Å². The van der Waals surface area contributed by atoms with Gasteiger partial charge in [0.25, 0.3) is 5.56 Å². The van der Waals surface area contributed by atoms with Gasteiger partial charge in [0.05, 0.1) is 6.54 Å². The van der Waals surface area contributed by atoms with Gasteiger partial charge in [-0.15, -0.1) is 0 Å². The van der Waals surface area contributed by atoms with Gasteiger partial charge in [-0.3, -0.25) is 9.89 Å². The van der Waals surface area contributed by atoms with Gasteiger partial charge in [-0.2, -0.15) is 0 Å². The van der Waals surface area contributed by atoms with Crippen molar-refractivity contribution in [1.29, 1.82) is 0 Å². The number of aromatic nitrogens is 2. The van der Waals surface area contributed by atoms with Gasteiger partial charge in [0.2, 0.25) is 0 Å². The van der Waals surface area contributed by atoms with Crippen LogP contribution in [0, 0.1) is 0 Å². The average molecular weight is 258 g/mol. The second-order valence-electron chi connectivity index (χ2n) is 5.35. The first-order valence-corrected chi connectivity index (χ1v) is 6.97. The summed E-state index contributed by atoms with van der Waals surface area (Å²) in [5, 5.41) is 3.17. The first kappa shape index (κ1) is 13.7. The van der Waals surface area contributed by atoms with Gasteiger partial charge >= 0.3 is 0 Å². The summed E-state index contributed by atoms with van der Waals surface area (Å²) < 4.78 is 1.68. The van der Waals surface area contributed by atoms with Crippen LogP contribution in [0.15, 0.2) is 35.1 Å². The third-order valence-corrected chi connectivity index (χ3v) is 3.35. The Kier molecular flexibility index (Phi) is 4.25. The van der Waals surface area contributed by atoms with Crippen molar-refractivity contribution in [2.75, 3.05) is 0 Å². The monoisotopic (exact) mass is 258 g/mol. The van der Waals surface area contributed by atoms with Crippen LogP contribution in [0.4, 0.5) is 0 Å². The lowest BCUT2D eigenvalue weighted by molar-refractivity contribution is 0.648. The molecule has 3 heteroatoms. The minimum Gasteiger partial charge on any atom is -0.299 e. The van der Waals surface area contributed by atoms with Gasteiger partial charge < -0.3 is 0 Å². The van der Waals surface area contributed by atoms with E-state index < -0.39 is 0 Å². The van der Waals surface area contributed by atoms with Crippen LogP contribution in [0.3, 0.4) is 0 Å². The number of benzene rings is 1. The normalized spacial score (nSPS) is 11.2. The largest absolute Gasteiger partial charge is 0.299 e. The molecule has 0 aliphatic rings. The van der Waals surface area contributed by atoms with Crippen LogP contribution < -0.4 is 5.56 Å². The molecule has 0 saturated carbocycles. The molecule has 0 aliphatic heterocycles. The number of aromatic amines is 1. The summed E-state index contributed by atoms with van der Waals surface area (Å²) in [6, 6.07) is 10.2. The fourth-order valence-corrected chi connectivity index (χ4v) is 2.19. The van der Waals surface area contributed by atoms with E-state index in [2.05, 4.69) is 50.1 Å². The van der Waals surface area contributed by atoms with Crippen molar-refractivity contribution in [2.24, 2.45) is 0 Å². The number of aryl methyl sites for hydroxylation is 1. The quantitative estimate of drug-likeness (QED) is 0.878. The molecule has 1 aromatic carbocycles. The van der Waals surface area contributed by atoms with Gasteiger partial charge in [-0.25, -0.2) is 4.68 Å². The van der Waals surface area contributed by atoms with Crippen molar-refractivity contribution in [3.05, 3.63) is 57.5 Å². The molecule has 2 rings (SSSR count). The van der Waals surface area contributed by atoms with Crippen LogP contribution in [0.25, 0.3) is 0 Å². The lowest BCUT2D eigenvalue weighted by Gasteiger charge is -2.07. The number of hydrogen-bond acceptors (Lipinski definition) is 1. The molecule has 0 spiro atoms. The van der Waals surface area contributed by atoms with Crippen molar-refractivity contribution >= 4 is 0 Å². The van der Waals surface area contributed by atoms with Crippen LogP contribution in [-0.4, -0.2) is 9.78 Å². The van der Waals surface area contributed by atoms with E-state index >= 15 is 0 Å². The van der Waals surface area contributed by atoms with Crippen molar-refractivity contribution in [3.63, 3.8) is 0 Å². The van der Waals surface area contributed by atoms with Crippen molar-refractivity contribution in [1.82, 2.24) is 9.78 Å². The fourth-order valence-electron chi connectivity index (χ4n) is 2.19. The Balaban J connectivity index is 2.14. The average Bonchev–Trinajstić information content (AvgIpc) is 2.71.